The van der Waals surface area contributed by atoms with E-state index in [0.29, 0.717) is 20.6 Å². The van der Waals surface area contributed by atoms with Crippen molar-refractivity contribution in [1.29, 1.82) is 0 Å². The third kappa shape index (κ3) is 8.70. The maximum atomic E-state index is 13.3. The van der Waals surface area contributed by atoms with Crippen LogP contribution in [0.1, 0.15) is 39.2 Å². The molecular formula is C24H29Cl4N3O4S. The van der Waals surface area contributed by atoms with Crippen molar-refractivity contribution in [3.05, 3.63) is 62.1 Å². The van der Waals surface area contributed by atoms with Gasteiger partial charge in [0.1, 0.15) is 6.04 Å². The summed E-state index contributed by atoms with van der Waals surface area (Å²) in [5.74, 6) is -0.648. The third-order valence-corrected chi connectivity index (χ3v) is 7.60. The molecule has 198 valence electrons. The molecule has 0 saturated heterocycles. The van der Waals surface area contributed by atoms with E-state index in [1.165, 1.54) is 17.0 Å². The Balaban J connectivity index is 2.24. The summed E-state index contributed by atoms with van der Waals surface area (Å²) in [6, 6.07) is 8.55. The first kappa shape index (κ1) is 30.5. The Bertz CT molecular complexity index is 1210. The van der Waals surface area contributed by atoms with Gasteiger partial charge in [0.05, 0.1) is 17.0 Å². The summed E-state index contributed by atoms with van der Waals surface area (Å²) in [7, 11) is -3.71. The Kier molecular flexibility index (Phi) is 11.2. The fourth-order valence-electron chi connectivity index (χ4n) is 3.48. The molecule has 0 aliphatic rings. The Morgan fingerprint density at radius 3 is 2.14 bits per heavy atom. The van der Waals surface area contributed by atoms with E-state index < -0.39 is 16.1 Å². The zero-order valence-electron chi connectivity index (χ0n) is 20.4. The minimum absolute atomic E-state index is 0.00719. The van der Waals surface area contributed by atoms with Crippen LogP contribution < -0.4 is 9.62 Å². The number of hydrogen-bond donors (Lipinski definition) is 1. The largest absolute Gasteiger partial charge is 0.352 e. The van der Waals surface area contributed by atoms with E-state index in [0.717, 1.165) is 10.6 Å². The lowest BCUT2D eigenvalue weighted by molar-refractivity contribution is -0.140. The number of carbonyl (C=O) groups is 2. The van der Waals surface area contributed by atoms with E-state index in [1.807, 2.05) is 13.8 Å². The number of halogens is 4. The first-order chi connectivity index (χ1) is 16.7. The van der Waals surface area contributed by atoms with E-state index >= 15 is 0 Å². The zero-order valence-corrected chi connectivity index (χ0v) is 24.2. The molecule has 1 N–H and O–H groups in total. The van der Waals surface area contributed by atoms with Crippen LogP contribution in [0.2, 0.25) is 20.1 Å². The van der Waals surface area contributed by atoms with Crippen LogP contribution in [-0.4, -0.2) is 50.0 Å². The normalized spacial score (nSPS) is 12.4. The summed E-state index contributed by atoms with van der Waals surface area (Å²) in [4.78, 5) is 27.5. The van der Waals surface area contributed by atoms with Crippen molar-refractivity contribution in [3.8, 4) is 0 Å². The summed E-state index contributed by atoms with van der Waals surface area (Å²) in [6.07, 6.45) is 1.21. The van der Waals surface area contributed by atoms with Gasteiger partial charge in [-0.15, -0.1) is 0 Å². The van der Waals surface area contributed by atoms with Crippen LogP contribution in [0.3, 0.4) is 0 Å². The maximum Gasteiger partial charge on any atom is 0.242 e. The molecule has 0 radical (unpaired) electrons. The van der Waals surface area contributed by atoms with E-state index in [2.05, 4.69) is 5.32 Å². The summed E-state index contributed by atoms with van der Waals surface area (Å²) < 4.78 is 26.0. The van der Waals surface area contributed by atoms with Gasteiger partial charge in [-0.1, -0.05) is 52.5 Å². The van der Waals surface area contributed by atoms with Crippen LogP contribution in [0, 0.1) is 0 Å². The lowest BCUT2D eigenvalue weighted by Gasteiger charge is -2.30. The van der Waals surface area contributed by atoms with Gasteiger partial charge in [0.2, 0.25) is 21.8 Å². The van der Waals surface area contributed by atoms with Crippen molar-refractivity contribution >= 4 is 73.9 Å². The molecule has 12 heteroatoms. The van der Waals surface area contributed by atoms with Crippen molar-refractivity contribution in [2.24, 2.45) is 0 Å². The lowest BCUT2D eigenvalue weighted by atomic mass is 10.1. The molecule has 0 aliphatic heterocycles. The molecule has 0 unspecified atom stereocenters. The van der Waals surface area contributed by atoms with Gasteiger partial charge in [0.25, 0.3) is 0 Å². The highest BCUT2D eigenvalue weighted by Gasteiger charge is 2.28. The standard InChI is InChI=1S/C24H29Cl4N3O4S/c1-15(2)29-24(33)16(3)30(14-17-7-8-18(25)12-21(17)28)23(32)6-5-11-31(36(4,34)35)22-13-19(26)9-10-20(22)27/h7-10,12-13,15-16H,5-6,11,14H2,1-4H3,(H,29,33)/t16-/m0/s1. The van der Waals surface area contributed by atoms with E-state index in [-0.39, 0.29) is 54.5 Å². The summed E-state index contributed by atoms with van der Waals surface area (Å²) in [6.45, 7) is 5.36. The molecule has 0 spiro atoms. The van der Waals surface area contributed by atoms with Crippen LogP contribution in [-0.2, 0) is 26.2 Å². The van der Waals surface area contributed by atoms with Gasteiger partial charge in [-0.25, -0.2) is 8.42 Å². The summed E-state index contributed by atoms with van der Waals surface area (Å²) in [5.41, 5.74) is 0.857. The topological polar surface area (TPSA) is 86.8 Å². The average Bonchev–Trinajstić information content (AvgIpc) is 2.76. The number of nitrogens with one attached hydrogen (secondary N) is 1. The lowest BCUT2D eigenvalue weighted by Crippen LogP contribution is -2.49. The fourth-order valence-corrected chi connectivity index (χ4v) is 5.35. The number of anilines is 1. The number of hydrogen-bond acceptors (Lipinski definition) is 4. The zero-order chi connectivity index (χ0) is 27.2. The fraction of sp³-hybridized carbons (Fsp3) is 0.417. The molecule has 36 heavy (non-hydrogen) atoms. The second kappa shape index (κ2) is 13.2. The van der Waals surface area contributed by atoms with Crippen molar-refractivity contribution < 1.29 is 18.0 Å². The third-order valence-electron chi connectivity index (χ3n) is 5.28. The molecule has 2 aromatic carbocycles. The highest BCUT2D eigenvalue weighted by Crippen LogP contribution is 2.31. The van der Waals surface area contributed by atoms with E-state index in [9.17, 15) is 18.0 Å². The van der Waals surface area contributed by atoms with Gasteiger partial charge < -0.3 is 10.2 Å². The van der Waals surface area contributed by atoms with Gasteiger partial charge in [-0.2, -0.15) is 0 Å². The Hall–Kier alpha value is -1.71. The predicted octanol–water partition coefficient (Wildman–Crippen LogP) is 5.79. The highest BCUT2D eigenvalue weighted by atomic mass is 35.5. The quantitative estimate of drug-likeness (QED) is 0.356. The van der Waals surface area contributed by atoms with Crippen LogP contribution in [0.25, 0.3) is 0 Å². The Morgan fingerprint density at radius 1 is 0.944 bits per heavy atom. The molecule has 0 fully saturated rings. The molecule has 0 saturated carbocycles. The molecule has 0 heterocycles. The van der Waals surface area contributed by atoms with Crippen LogP contribution in [0.15, 0.2) is 36.4 Å². The molecular weight excluding hydrogens is 568 g/mol. The van der Waals surface area contributed by atoms with Crippen LogP contribution in [0.5, 0.6) is 0 Å². The first-order valence-electron chi connectivity index (χ1n) is 11.2. The summed E-state index contributed by atoms with van der Waals surface area (Å²) >= 11 is 24.6. The second-order valence-corrected chi connectivity index (χ2v) is 12.2. The van der Waals surface area contributed by atoms with Crippen LogP contribution in [0.4, 0.5) is 5.69 Å². The van der Waals surface area contributed by atoms with Crippen LogP contribution >= 0.6 is 46.4 Å². The number of benzene rings is 2. The molecule has 2 aromatic rings. The van der Waals surface area contributed by atoms with Gasteiger partial charge in [0.15, 0.2) is 0 Å². The van der Waals surface area contributed by atoms with Gasteiger partial charge in [-0.3, -0.25) is 13.9 Å². The molecule has 7 nitrogen and oxygen atoms in total. The number of nitrogens with zero attached hydrogens (tertiary/aromatic N) is 2. The maximum absolute atomic E-state index is 13.3. The molecule has 1 atom stereocenters. The highest BCUT2D eigenvalue weighted by molar-refractivity contribution is 7.92. The van der Waals surface area contributed by atoms with Crippen molar-refractivity contribution in [1.82, 2.24) is 10.2 Å². The van der Waals surface area contributed by atoms with E-state index in [1.54, 1.807) is 31.2 Å². The monoisotopic (exact) mass is 595 g/mol. The predicted molar refractivity (Wildman–Crippen MR) is 148 cm³/mol. The van der Waals surface area contributed by atoms with Crippen molar-refractivity contribution in [3.63, 3.8) is 0 Å². The number of carbonyl (C=O) groups excluding carboxylic acids is 2. The van der Waals surface area contributed by atoms with Gasteiger partial charge in [-0.05, 0) is 63.1 Å². The molecule has 2 rings (SSSR count). The SMILES string of the molecule is CC(C)NC(=O)[C@H](C)N(Cc1ccc(Cl)cc1Cl)C(=O)CCCN(c1cc(Cl)ccc1Cl)S(C)(=O)=O. The number of rotatable bonds is 11. The second-order valence-electron chi connectivity index (χ2n) is 8.63. The molecule has 0 aromatic heterocycles. The molecule has 0 aliphatic carbocycles. The Labute approximate surface area is 232 Å². The smallest absolute Gasteiger partial charge is 0.242 e. The van der Waals surface area contributed by atoms with Gasteiger partial charge >= 0.3 is 0 Å². The minimum Gasteiger partial charge on any atom is -0.352 e. The minimum atomic E-state index is -3.71. The number of sulfonamides is 1. The average molecular weight is 597 g/mol. The van der Waals surface area contributed by atoms with E-state index in [4.69, 9.17) is 46.4 Å². The Morgan fingerprint density at radius 2 is 1.56 bits per heavy atom. The first-order valence-corrected chi connectivity index (χ1v) is 14.5. The number of amides is 2. The molecule has 2 amide bonds. The van der Waals surface area contributed by atoms with Gasteiger partial charge in [0, 0.05) is 40.6 Å². The van der Waals surface area contributed by atoms with Crippen molar-refractivity contribution in [2.75, 3.05) is 17.1 Å². The molecule has 0 bridgehead atoms. The summed E-state index contributed by atoms with van der Waals surface area (Å²) in [5, 5.41) is 4.18. The van der Waals surface area contributed by atoms with Crippen molar-refractivity contribution in [2.45, 2.75) is 52.2 Å².